The van der Waals surface area contributed by atoms with E-state index < -0.39 is 0 Å². The van der Waals surface area contributed by atoms with Gasteiger partial charge in [-0.25, -0.2) is 15.0 Å². The van der Waals surface area contributed by atoms with E-state index >= 15 is 0 Å². The van der Waals surface area contributed by atoms with E-state index in [4.69, 9.17) is 17.7 Å². The number of nitrogens with zero attached hydrogens (tertiary/aromatic N) is 4. The summed E-state index contributed by atoms with van der Waals surface area (Å²) in [6, 6.07) is 68.8. The van der Waals surface area contributed by atoms with E-state index in [1.165, 1.54) is 0 Å². The lowest BCUT2D eigenvalue weighted by atomic mass is 9.92. The lowest BCUT2D eigenvalue weighted by Crippen LogP contribution is -2.00. The third-order valence-corrected chi connectivity index (χ3v) is 11.2. The predicted octanol–water partition coefficient (Wildman–Crippen LogP) is 14.6. The second-order valence-corrected chi connectivity index (χ2v) is 15.0. The average molecular weight is 783 g/mol. The molecule has 0 atom stereocenters. The Balaban J connectivity index is 1.08. The Morgan fingerprint density at radius 3 is 1.34 bits per heavy atom. The zero-order valence-corrected chi connectivity index (χ0v) is 32.9. The standard InChI is InChI=1S/C57H38N4/c1-5-17-39(18-6-1)46-35-47(40-19-7-2-8-20-40)37-48(36-46)50-28-16-29-52-51-27-13-14-30-53(51)61(54(50)52)49-26-15-25-45(38-49)41-31-33-44(34-32-41)57-59-55(42-21-9-3-10-22-42)58-56(60-57)43-23-11-4-12-24-43/h1-38H/i13D,14D,27D,30D. The topological polar surface area (TPSA) is 43.6 Å². The summed E-state index contributed by atoms with van der Waals surface area (Å²) in [5, 5.41) is 1.22. The molecule has 2 heterocycles. The maximum atomic E-state index is 9.35. The molecule has 0 unspecified atom stereocenters. The van der Waals surface area contributed by atoms with Gasteiger partial charge in [0.1, 0.15) is 0 Å². The van der Waals surface area contributed by atoms with Crippen LogP contribution in [0.25, 0.3) is 106 Å². The fourth-order valence-corrected chi connectivity index (χ4v) is 8.21. The Hall–Kier alpha value is -8.21. The molecule has 0 bridgehead atoms. The molecule has 0 saturated heterocycles. The second kappa shape index (κ2) is 15.5. The molecule has 61 heavy (non-hydrogen) atoms. The van der Waals surface area contributed by atoms with Gasteiger partial charge in [-0.05, 0) is 75.3 Å². The van der Waals surface area contributed by atoms with Crippen LogP contribution in [0, 0.1) is 0 Å². The van der Waals surface area contributed by atoms with Crippen molar-refractivity contribution in [1.82, 2.24) is 19.5 Å². The van der Waals surface area contributed by atoms with E-state index in [1.807, 2.05) is 138 Å². The largest absolute Gasteiger partial charge is 0.309 e. The highest BCUT2D eigenvalue weighted by atomic mass is 15.0. The van der Waals surface area contributed by atoms with Crippen molar-refractivity contribution in [1.29, 1.82) is 0 Å². The molecular formula is C57H38N4. The molecule has 286 valence electrons. The van der Waals surface area contributed by atoms with Crippen LogP contribution in [0.5, 0.6) is 0 Å². The minimum atomic E-state index is -0.276. The Morgan fingerprint density at radius 1 is 0.328 bits per heavy atom. The molecule has 0 aliphatic rings. The molecule has 11 aromatic rings. The van der Waals surface area contributed by atoms with Crippen molar-refractivity contribution in [3.05, 3.63) is 230 Å². The summed E-state index contributed by atoms with van der Waals surface area (Å²) in [5.74, 6) is 1.76. The third-order valence-electron chi connectivity index (χ3n) is 11.2. The Kier molecular flexibility index (Phi) is 8.07. The molecule has 0 saturated carbocycles. The van der Waals surface area contributed by atoms with Crippen molar-refractivity contribution >= 4 is 21.8 Å². The van der Waals surface area contributed by atoms with Gasteiger partial charge in [0.25, 0.3) is 0 Å². The zero-order chi connectivity index (χ0) is 44.0. The van der Waals surface area contributed by atoms with Crippen LogP contribution in [0.2, 0.25) is 0 Å². The van der Waals surface area contributed by atoms with Crippen LogP contribution in [-0.4, -0.2) is 19.5 Å². The quantitative estimate of drug-likeness (QED) is 0.154. The SMILES string of the molecule is [2H]c1c([2H])c([2H])c2c(c1[2H])c1cccc(-c3cc(-c4ccccc4)cc(-c4ccccc4)c3)c1n2-c1cccc(-c2ccc(-c3nc(-c4ccccc4)nc(-c4ccccc4)n3)cc2)c1. The molecule has 0 amide bonds. The van der Waals surface area contributed by atoms with Crippen molar-refractivity contribution in [2.24, 2.45) is 0 Å². The molecule has 0 radical (unpaired) electrons. The number of fused-ring (bicyclic) bond motifs is 3. The van der Waals surface area contributed by atoms with Gasteiger partial charge in [-0.3, -0.25) is 0 Å². The summed E-state index contributed by atoms with van der Waals surface area (Å²) in [4.78, 5) is 14.7. The van der Waals surface area contributed by atoms with Crippen molar-refractivity contribution in [2.45, 2.75) is 0 Å². The van der Waals surface area contributed by atoms with Gasteiger partial charge >= 0.3 is 0 Å². The molecule has 4 heteroatoms. The minimum absolute atomic E-state index is 0.0687. The van der Waals surface area contributed by atoms with Crippen LogP contribution in [0.4, 0.5) is 0 Å². The number of benzene rings is 9. The van der Waals surface area contributed by atoms with Crippen LogP contribution < -0.4 is 0 Å². The Morgan fingerprint density at radius 2 is 0.770 bits per heavy atom. The van der Waals surface area contributed by atoms with Gasteiger partial charge in [0.05, 0.1) is 16.5 Å². The van der Waals surface area contributed by atoms with E-state index in [1.54, 1.807) is 0 Å². The first-order valence-corrected chi connectivity index (χ1v) is 20.3. The summed E-state index contributed by atoms with van der Waals surface area (Å²) < 4.78 is 38.2. The highest BCUT2D eigenvalue weighted by Crippen LogP contribution is 2.41. The highest BCUT2D eigenvalue weighted by molar-refractivity contribution is 6.14. The molecule has 11 rings (SSSR count). The summed E-state index contributed by atoms with van der Waals surface area (Å²) in [7, 11) is 0. The van der Waals surface area contributed by atoms with Gasteiger partial charge in [-0.2, -0.15) is 0 Å². The molecule has 0 aliphatic heterocycles. The van der Waals surface area contributed by atoms with Crippen LogP contribution >= 0.6 is 0 Å². The molecule has 4 nitrogen and oxygen atoms in total. The molecule has 0 N–H and O–H groups in total. The maximum Gasteiger partial charge on any atom is 0.164 e. The van der Waals surface area contributed by atoms with Crippen molar-refractivity contribution in [3.63, 3.8) is 0 Å². The maximum absolute atomic E-state index is 9.35. The lowest BCUT2D eigenvalue weighted by molar-refractivity contribution is 1.07. The van der Waals surface area contributed by atoms with E-state index in [0.29, 0.717) is 28.4 Å². The first-order valence-electron chi connectivity index (χ1n) is 22.3. The molecular weight excluding hydrogens is 741 g/mol. The van der Waals surface area contributed by atoms with Crippen molar-refractivity contribution in [3.8, 4) is 84.4 Å². The first kappa shape index (κ1) is 31.7. The molecule has 2 aromatic heterocycles. The fourth-order valence-electron chi connectivity index (χ4n) is 8.21. The molecule has 0 spiro atoms. The second-order valence-electron chi connectivity index (χ2n) is 15.0. The monoisotopic (exact) mass is 782 g/mol. The fraction of sp³-hybridized carbons (Fsp3) is 0. The lowest BCUT2D eigenvalue weighted by Gasteiger charge is -2.15. The van der Waals surface area contributed by atoms with Crippen LogP contribution in [-0.2, 0) is 0 Å². The summed E-state index contributed by atoms with van der Waals surface area (Å²) in [6.45, 7) is 0. The van der Waals surface area contributed by atoms with E-state index in [9.17, 15) is 2.74 Å². The summed E-state index contributed by atoms with van der Waals surface area (Å²) >= 11 is 0. The predicted molar refractivity (Wildman–Crippen MR) is 252 cm³/mol. The van der Waals surface area contributed by atoms with Crippen LogP contribution in [0.1, 0.15) is 5.48 Å². The molecule has 0 aliphatic carbocycles. The Labute approximate surface area is 360 Å². The van der Waals surface area contributed by atoms with Gasteiger partial charge in [-0.15, -0.1) is 0 Å². The number of hydrogen-bond acceptors (Lipinski definition) is 3. The van der Waals surface area contributed by atoms with Crippen molar-refractivity contribution < 1.29 is 5.48 Å². The first-order chi connectivity index (χ1) is 31.9. The van der Waals surface area contributed by atoms with E-state index in [2.05, 4.69) is 72.8 Å². The minimum Gasteiger partial charge on any atom is -0.309 e. The zero-order valence-electron chi connectivity index (χ0n) is 36.9. The number of rotatable bonds is 8. The number of para-hydroxylation sites is 2. The number of aromatic nitrogens is 4. The van der Waals surface area contributed by atoms with Gasteiger partial charge < -0.3 is 4.57 Å². The van der Waals surface area contributed by atoms with Gasteiger partial charge in [-0.1, -0.05) is 194 Å². The van der Waals surface area contributed by atoms with Gasteiger partial charge in [0.2, 0.25) is 0 Å². The van der Waals surface area contributed by atoms with Crippen molar-refractivity contribution in [2.75, 3.05) is 0 Å². The third kappa shape index (κ3) is 6.86. The molecule has 0 fully saturated rings. The summed E-state index contributed by atoms with van der Waals surface area (Å²) in [5.41, 5.74) is 12.7. The Bertz CT molecular complexity index is 3440. The molecule has 9 aromatic carbocycles. The smallest absolute Gasteiger partial charge is 0.164 e. The van der Waals surface area contributed by atoms with Gasteiger partial charge in [0, 0.05) is 38.7 Å². The van der Waals surface area contributed by atoms with E-state index in [-0.39, 0.29) is 24.2 Å². The number of hydrogen-bond donors (Lipinski definition) is 0. The van der Waals surface area contributed by atoms with Crippen LogP contribution in [0.15, 0.2) is 230 Å². The summed E-state index contributed by atoms with van der Waals surface area (Å²) in [6.07, 6.45) is 0. The van der Waals surface area contributed by atoms with E-state index in [0.717, 1.165) is 77.8 Å². The average Bonchev–Trinajstić information content (AvgIpc) is 3.74. The highest BCUT2D eigenvalue weighted by Gasteiger charge is 2.19. The van der Waals surface area contributed by atoms with Gasteiger partial charge in [0.15, 0.2) is 17.5 Å². The van der Waals surface area contributed by atoms with Crippen LogP contribution in [0.3, 0.4) is 0 Å². The normalized spacial score (nSPS) is 12.2.